The van der Waals surface area contributed by atoms with Crippen LogP contribution in [0.2, 0.25) is 0 Å². The molecular weight excluding hydrogens is 261 g/mol. The van der Waals surface area contributed by atoms with Crippen molar-refractivity contribution >= 4 is 23.8 Å². The third kappa shape index (κ3) is 2.26. The fraction of sp³-hybridized carbons (Fsp3) is 0.273. The zero-order valence-corrected chi connectivity index (χ0v) is 9.93. The number of thioether (sulfide) groups is 1. The summed E-state index contributed by atoms with van der Waals surface area (Å²) in [7, 11) is 0. The number of hydrogen-bond donors (Lipinski definition) is 2. The second kappa shape index (κ2) is 4.85. The van der Waals surface area contributed by atoms with E-state index >= 15 is 0 Å². The predicted molar refractivity (Wildman–Crippen MR) is 62.9 cm³/mol. The Morgan fingerprint density at radius 3 is 2.39 bits per heavy atom. The van der Waals surface area contributed by atoms with Crippen LogP contribution in [0.25, 0.3) is 0 Å². The van der Waals surface area contributed by atoms with Crippen LogP contribution in [0, 0.1) is 5.82 Å². The van der Waals surface area contributed by atoms with Crippen LogP contribution in [0.1, 0.15) is 10.9 Å². The van der Waals surface area contributed by atoms with Gasteiger partial charge in [0.05, 0.1) is 0 Å². The number of nitrogens with zero attached hydrogens (tertiary/aromatic N) is 1. The predicted octanol–water partition coefficient (Wildman–Crippen LogP) is 2.00. The fourth-order valence-corrected chi connectivity index (χ4v) is 3.23. The van der Waals surface area contributed by atoms with Gasteiger partial charge in [0.25, 0.3) is 0 Å². The summed E-state index contributed by atoms with van der Waals surface area (Å²) in [6.07, 6.45) is -1.29. The number of hydrogen-bond acceptors (Lipinski definition) is 3. The summed E-state index contributed by atoms with van der Waals surface area (Å²) in [5, 5.41) is 17.4. The summed E-state index contributed by atoms with van der Waals surface area (Å²) in [4.78, 5) is 23.0. The van der Waals surface area contributed by atoms with Crippen LogP contribution in [0.5, 0.6) is 0 Å². The van der Waals surface area contributed by atoms with Crippen LogP contribution in [0.15, 0.2) is 24.3 Å². The number of halogens is 1. The van der Waals surface area contributed by atoms with Gasteiger partial charge < -0.3 is 10.2 Å². The summed E-state index contributed by atoms with van der Waals surface area (Å²) in [6.45, 7) is 0. The minimum atomic E-state index is -1.29. The lowest BCUT2D eigenvalue weighted by atomic mass is 10.2. The summed E-state index contributed by atoms with van der Waals surface area (Å²) in [6, 6.07) is 4.32. The molecule has 1 aliphatic rings. The van der Waals surface area contributed by atoms with Gasteiger partial charge in [-0.25, -0.2) is 14.0 Å². The molecule has 1 aliphatic heterocycles. The van der Waals surface area contributed by atoms with Crippen molar-refractivity contribution in [2.75, 3.05) is 5.75 Å². The maximum atomic E-state index is 12.8. The van der Waals surface area contributed by atoms with Crippen molar-refractivity contribution in [2.24, 2.45) is 0 Å². The Hall–Kier alpha value is -1.76. The first kappa shape index (κ1) is 12.7. The standard InChI is InChI=1S/C11H10FNO4S/c12-7-3-1-6(2-4-7)9-13(11(16)17)8(5-18-9)10(14)15/h1-4,8-9H,5H2,(H,14,15)(H,16,17)/t8?,9-/m1/s1. The SMILES string of the molecule is O=C(O)C1CS[C@H](c2ccc(F)cc2)N1C(=O)O. The second-order valence-electron chi connectivity index (χ2n) is 3.78. The Bertz CT molecular complexity index is 478. The number of amides is 1. The molecule has 7 heteroatoms. The molecule has 5 nitrogen and oxygen atoms in total. The lowest BCUT2D eigenvalue weighted by Crippen LogP contribution is -2.42. The van der Waals surface area contributed by atoms with Crippen LogP contribution in [0.3, 0.4) is 0 Å². The Morgan fingerprint density at radius 1 is 1.28 bits per heavy atom. The van der Waals surface area contributed by atoms with Gasteiger partial charge in [-0.2, -0.15) is 0 Å². The molecule has 0 radical (unpaired) electrons. The van der Waals surface area contributed by atoms with Gasteiger partial charge in [-0.1, -0.05) is 12.1 Å². The minimum Gasteiger partial charge on any atom is -0.480 e. The molecule has 2 N–H and O–H groups in total. The molecule has 1 fully saturated rings. The van der Waals surface area contributed by atoms with Gasteiger partial charge >= 0.3 is 12.1 Å². The number of aliphatic carboxylic acids is 1. The molecule has 1 aromatic rings. The highest BCUT2D eigenvalue weighted by Crippen LogP contribution is 2.41. The van der Waals surface area contributed by atoms with E-state index in [2.05, 4.69) is 0 Å². The summed E-state index contributed by atoms with van der Waals surface area (Å²) >= 11 is 1.22. The van der Waals surface area contributed by atoms with E-state index in [0.29, 0.717) is 5.56 Å². The summed E-state index contributed by atoms with van der Waals surface area (Å²) < 4.78 is 12.8. The van der Waals surface area contributed by atoms with Crippen LogP contribution < -0.4 is 0 Å². The molecule has 0 aromatic heterocycles. The van der Waals surface area contributed by atoms with E-state index in [4.69, 9.17) is 10.2 Å². The zero-order valence-electron chi connectivity index (χ0n) is 9.12. The third-order valence-electron chi connectivity index (χ3n) is 2.66. The van der Waals surface area contributed by atoms with Crippen molar-refractivity contribution in [3.05, 3.63) is 35.6 Å². The summed E-state index contributed by atoms with van der Waals surface area (Å²) in [5.41, 5.74) is 0.576. The molecule has 96 valence electrons. The second-order valence-corrected chi connectivity index (χ2v) is 4.89. The van der Waals surface area contributed by atoms with Gasteiger partial charge in [0.2, 0.25) is 0 Å². The van der Waals surface area contributed by atoms with E-state index in [1.807, 2.05) is 0 Å². The van der Waals surface area contributed by atoms with E-state index in [-0.39, 0.29) is 5.75 Å². The Balaban J connectivity index is 2.30. The number of benzene rings is 1. The molecule has 18 heavy (non-hydrogen) atoms. The van der Waals surface area contributed by atoms with Crippen LogP contribution in [-0.4, -0.2) is 39.0 Å². The van der Waals surface area contributed by atoms with Crippen LogP contribution in [-0.2, 0) is 4.79 Å². The Labute approximate surface area is 106 Å². The van der Waals surface area contributed by atoms with Crippen molar-refractivity contribution < 1.29 is 24.2 Å². The van der Waals surface area contributed by atoms with Crippen molar-refractivity contribution in [2.45, 2.75) is 11.4 Å². The first-order valence-corrected chi connectivity index (χ1v) is 6.16. The molecule has 1 saturated heterocycles. The molecule has 0 bridgehead atoms. The Kier molecular flexibility index (Phi) is 3.42. The topological polar surface area (TPSA) is 77.8 Å². The highest BCUT2D eigenvalue weighted by molar-refractivity contribution is 7.99. The lowest BCUT2D eigenvalue weighted by Gasteiger charge is -2.24. The van der Waals surface area contributed by atoms with Crippen molar-refractivity contribution in [3.8, 4) is 0 Å². The minimum absolute atomic E-state index is 0.184. The fourth-order valence-electron chi connectivity index (χ4n) is 1.81. The van der Waals surface area contributed by atoms with Gasteiger partial charge in [0.1, 0.15) is 17.2 Å². The molecule has 1 heterocycles. The highest BCUT2D eigenvalue weighted by Gasteiger charge is 2.42. The van der Waals surface area contributed by atoms with E-state index < -0.39 is 29.3 Å². The van der Waals surface area contributed by atoms with Gasteiger partial charge in [-0.3, -0.25) is 4.90 Å². The third-order valence-corrected chi connectivity index (χ3v) is 3.98. The average Bonchev–Trinajstić information content (AvgIpc) is 2.74. The number of rotatable bonds is 2. The van der Waals surface area contributed by atoms with Crippen molar-refractivity contribution in [1.82, 2.24) is 4.90 Å². The van der Waals surface area contributed by atoms with E-state index in [9.17, 15) is 14.0 Å². The smallest absolute Gasteiger partial charge is 0.409 e. The van der Waals surface area contributed by atoms with Gasteiger partial charge in [0, 0.05) is 5.75 Å². The summed E-state index contributed by atoms with van der Waals surface area (Å²) in [5.74, 6) is -1.41. The van der Waals surface area contributed by atoms with E-state index in [1.54, 1.807) is 0 Å². The van der Waals surface area contributed by atoms with Gasteiger partial charge in [-0.15, -0.1) is 11.8 Å². The van der Waals surface area contributed by atoms with Gasteiger partial charge in [0.15, 0.2) is 0 Å². The van der Waals surface area contributed by atoms with Crippen molar-refractivity contribution in [1.29, 1.82) is 0 Å². The van der Waals surface area contributed by atoms with E-state index in [0.717, 1.165) is 4.90 Å². The Morgan fingerprint density at radius 2 is 1.89 bits per heavy atom. The normalized spacial score (nSPS) is 23.1. The zero-order chi connectivity index (χ0) is 13.3. The van der Waals surface area contributed by atoms with E-state index in [1.165, 1.54) is 36.0 Å². The molecule has 0 spiro atoms. The highest BCUT2D eigenvalue weighted by atomic mass is 32.2. The molecule has 0 saturated carbocycles. The lowest BCUT2D eigenvalue weighted by molar-refractivity contribution is -0.141. The molecule has 1 amide bonds. The maximum Gasteiger partial charge on any atom is 0.409 e. The van der Waals surface area contributed by atoms with Crippen LogP contribution >= 0.6 is 11.8 Å². The largest absolute Gasteiger partial charge is 0.480 e. The van der Waals surface area contributed by atoms with Crippen molar-refractivity contribution in [3.63, 3.8) is 0 Å². The molecule has 1 aromatic carbocycles. The first-order chi connectivity index (χ1) is 8.50. The maximum absolute atomic E-state index is 12.8. The monoisotopic (exact) mass is 271 g/mol. The quantitative estimate of drug-likeness (QED) is 0.860. The average molecular weight is 271 g/mol. The molecule has 0 aliphatic carbocycles. The number of carboxylic acid groups (broad SMARTS) is 2. The molecular formula is C11H10FNO4S. The molecule has 2 rings (SSSR count). The molecule has 2 atom stereocenters. The molecule has 1 unspecified atom stereocenters. The van der Waals surface area contributed by atoms with Gasteiger partial charge in [-0.05, 0) is 17.7 Å². The number of carboxylic acids is 1. The first-order valence-electron chi connectivity index (χ1n) is 5.12. The van der Waals surface area contributed by atoms with Crippen LogP contribution in [0.4, 0.5) is 9.18 Å². The number of carbonyl (C=O) groups is 2.